The number of anilines is 1. The Morgan fingerprint density at radius 2 is 1.62 bits per heavy atom. The second kappa shape index (κ2) is 7.97. The minimum atomic E-state index is -4.43. The highest BCUT2D eigenvalue weighted by atomic mass is 19.4. The molecule has 1 aromatic heterocycles. The van der Waals surface area contributed by atoms with E-state index in [1.807, 2.05) is 23.6 Å². The van der Waals surface area contributed by atoms with E-state index in [1.165, 1.54) is 6.07 Å². The van der Waals surface area contributed by atoms with Crippen molar-refractivity contribution in [1.29, 1.82) is 0 Å². The van der Waals surface area contributed by atoms with Gasteiger partial charge in [0.25, 0.3) is 0 Å². The molecule has 3 heterocycles. The molecule has 29 heavy (non-hydrogen) atoms. The number of hydrogen-bond acceptors (Lipinski definition) is 6. The van der Waals surface area contributed by atoms with Gasteiger partial charge in [-0.05, 0) is 18.1 Å². The number of rotatable bonds is 5. The number of aromatic nitrogens is 1. The van der Waals surface area contributed by atoms with Crippen LogP contribution in [0.3, 0.4) is 0 Å². The van der Waals surface area contributed by atoms with Gasteiger partial charge in [0.1, 0.15) is 5.82 Å². The molecule has 2 aliphatic rings. The van der Waals surface area contributed by atoms with Crippen LogP contribution in [0.1, 0.15) is 19.4 Å². The highest BCUT2D eigenvalue weighted by molar-refractivity contribution is 6.44. The third kappa shape index (κ3) is 4.50. The molecule has 158 valence electrons. The number of halogens is 3. The Balaban J connectivity index is 1.57. The first kappa shape index (κ1) is 21.0. The first-order valence-corrected chi connectivity index (χ1v) is 9.26. The molecule has 0 saturated carbocycles. The van der Waals surface area contributed by atoms with Crippen LogP contribution >= 0.6 is 0 Å². The van der Waals surface area contributed by atoms with Gasteiger partial charge >= 0.3 is 24.0 Å². The van der Waals surface area contributed by atoms with Gasteiger partial charge in [-0.15, -0.1) is 0 Å². The summed E-state index contributed by atoms with van der Waals surface area (Å²) in [6.07, 6.45) is -3.63. The molecule has 0 unspecified atom stereocenters. The molecule has 0 aliphatic carbocycles. The van der Waals surface area contributed by atoms with Crippen molar-refractivity contribution in [3.63, 3.8) is 0 Å². The van der Waals surface area contributed by atoms with Crippen molar-refractivity contribution >= 4 is 23.7 Å². The summed E-state index contributed by atoms with van der Waals surface area (Å²) in [5.41, 5.74) is -0.804. The van der Waals surface area contributed by atoms with Crippen LogP contribution in [0.4, 0.5) is 23.8 Å². The molecule has 0 aromatic carbocycles. The Morgan fingerprint density at radius 3 is 2.14 bits per heavy atom. The number of nitrogens with zero attached hydrogens (tertiary/aromatic N) is 5. The Bertz CT molecular complexity index is 789. The fraction of sp³-hybridized carbons (Fsp3) is 0.556. The maximum atomic E-state index is 12.6. The molecule has 0 spiro atoms. The Morgan fingerprint density at radius 1 is 1.00 bits per heavy atom. The molecule has 1 aromatic rings. The number of alkyl halides is 3. The fourth-order valence-corrected chi connectivity index (χ4v) is 3.26. The van der Waals surface area contributed by atoms with Gasteiger partial charge in [0.05, 0.1) is 12.2 Å². The standard InChI is InChI=1S/C18H22F3N5O3/c1-12(2)10-25-15(27)16(28)26(17(25)29)11-23-5-7-24(8-6-23)14-4-3-13(9-22-14)18(19,20)21/h3-4,9,12H,5-8,10-11H2,1-2H3. The van der Waals surface area contributed by atoms with E-state index in [-0.39, 0.29) is 19.1 Å². The molecule has 2 aliphatic heterocycles. The first-order valence-electron chi connectivity index (χ1n) is 9.26. The van der Waals surface area contributed by atoms with E-state index in [9.17, 15) is 27.6 Å². The van der Waals surface area contributed by atoms with Crippen LogP contribution < -0.4 is 4.90 Å². The number of imide groups is 2. The summed E-state index contributed by atoms with van der Waals surface area (Å²) >= 11 is 0. The lowest BCUT2D eigenvalue weighted by Crippen LogP contribution is -2.51. The minimum absolute atomic E-state index is 0.00623. The summed E-state index contributed by atoms with van der Waals surface area (Å²) in [5, 5.41) is 0. The third-order valence-electron chi connectivity index (χ3n) is 4.80. The predicted molar refractivity (Wildman–Crippen MR) is 96.7 cm³/mol. The zero-order valence-corrected chi connectivity index (χ0v) is 16.1. The van der Waals surface area contributed by atoms with Gasteiger partial charge < -0.3 is 4.90 Å². The van der Waals surface area contributed by atoms with Gasteiger partial charge in [0.15, 0.2) is 0 Å². The molecule has 0 N–H and O–H groups in total. The molecule has 4 amide bonds. The lowest BCUT2D eigenvalue weighted by Gasteiger charge is -2.36. The number of amides is 4. The maximum Gasteiger partial charge on any atom is 0.417 e. The van der Waals surface area contributed by atoms with E-state index in [4.69, 9.17) is 0 Å². The number of pyridine rings is 1. The lowest BCUT2D eigenvalue weighted by molar-refractivity contribution is -0.144. The number of urea groups is 1. The summed E-state index contributed by atoms with van der Waals surface area (Å²) in [7, 11) is 0. The second-order valence-corrected chi connectivity index (χ2v) is 7.47. The molecule has 11 heteroatoms. The Hall–Kier alpha value is -2.69. The number of hydrogen-bond donors (Lipinski definition) is 0. The molecule has 2 saturated heterocycles. The van der Waals surface area contributed by atoms with Crippen molar-refractivity contribution in [1.82, 2.24) is 19.7 Å². The molecular formula is C18H22F3N5O3. The van der Waals surface area contributed by atoms with E-state index >= 15 is 0 Å². The monoisotopic (exact) mass is 413 g/mol. The van der Waals surface area contributed by atoms with Gasteiger partial charge in [0, 0.05) is 38.9 Å². The van der Waals surface area contributed by atoms with Crippen molar-refractivity contribution < 1.29 is 27.6 Å². The number of carbonyl (C=O) groups excluding carboxylic acids is 3. The average molecular weight is 413 g/mol. The third-order valence-corrected chi connectivity index (χ3v) is 4.80. The molecule has 2 fully saturated rings. The van der Waals surface area contributed by atoms with Crippen molar-refractivity contribution in [3.05, 3.63) is 23.9 Å². The molecule has 0 atom stereocenters. The molecule has 3 rings (SSSR count). The normalized spacial score (nSPS) is 19.1. The maximum absolute atomic E-state index is 12.6. The van der Waals surface area contributed by atoms with Crippen LogP contribution in [0.2, 0.25) is 0 Å². The first-order chi connectivity index (χ1) is 13.6. The zero-order chi connectivity index (χ0) is 21.3. The van der Waals surface area contributed by atoms with Crippen LogP contribution in [-0.2, 0) is 15.8 Å². The fourth-order valence-electron chi connectivity index (χ4n) is 3.26. The quantitative estimate of drug-likeness (QED) is 0.540. The van der Waals surface area contributed by atoms with Crippen molar-refractivity contribution in [2.24, 2.45) is 5.92 Å². The summed E-state index contributed by atoms with van der Waals surface area (Å²) in [6, 6.07) is 1.71. The van der Waals surface area contributed by atoms with Crippen LogP contribution in [0.25, 0.3) is 0 Å². The number of piperazine rings is 1. The van der Waals surface area contributed by atoms with Crippen molar-refractivity contribution in [3.8, 4) is 0 Å². The van der Waals surface area contributed by atoms with Crippen LogP contribution in [0.15, 0.2) is 18.3 Å². The molecule has 0 radical (unpaired) electrons. The lowest BCUT2D eigenvalue weighted by atomic mass is 10.2. The Labute approximate surface area is 165 Å². The minimum Gasteiger partial charge on any atom is -0.354 e. The molecule has 8 nitrogen and oxygen atoms in total. The van der Waals surface area contributed by atoms with E-state index in [2.05, 4.69) is 4.98 Å². The SMILES string of the molecule is CC(C)CN1C(=O)C(=O)N(CN2CCN(c3ccc(C(F)(F)F)cn3)CC2)C1=O. The van der Waals surface area contributed by atoms with E-state index in [0.29, 0.717) is 32.0 Å². The van der Waals surface area contributed by atoms with Gasteiger partial charge in [-0.2, -0.15) is 13.2 Å². The molecule has 0 bridgehead atoms. The highest BCUT2D eigenvalue weighted by Gasteiger charge is 2.45. The van der Waals surface area contributed by atoms with Crippen molar-refractivity contribution in [2.45, 2.75) is 20.0 Å². The average Bonchev–Trinajstić information content (AvgIpc) is 2.86. The van der Waals surface area contributed by atoms with Crippen LogP contribution in [-0.4, -0.2) is 76.9 Å². The van der Waals surface area contributed by atoms with Gasteiger partial charge in [0.2, 0.25) is 0 Å². The topological polar surface area (TPSA) is 77.1 Å². The van der Waals surface area contributed by atoms with E-state index < -0.39 is 29.6 Å². The van der Waals surface area contributed by atoms with Crippen molar-refractivity contribution in [2.75, 3.05) is 44.3 Å². The smallest absolute Gasteiger partial charge is 0.354 e. The van der Waals surface area contributed by atoms with Gasteiger partial charge in [-0.1, -0.05) is 13.8 Å². The summed E-state index contributed by atoms with van der Waals surface area (Å²) in [5.74, 6) is -1.15. The summed E-state index contributed by atoms with van der Waals surface area (Å²) in [6.45, 7) is 5.77. The molecular weight excluding hydrogens is 391 g/mol. The summed E-state index contributed by atoms with van der Waals surface area (Å²) in [4.78, 5) is 46.1. The second-order valence-electron chi connectivity index (χ2n) is 7.47. The van der Waals surface area contributed by atoms with Gasteiger partial charge in [-0.3, -0.25) is 19.4 Å². The Kier molecular flexibility index (Phi) is 5.78. The number of carbonyl (C=O) groups is 3. The summed E-state index contributed by atoms with van der Waals surface area (Å²) < 4.78 is 37.9. The van der Waals surface area contributed by atoms with E-state index in [0.717, 1.165) is 22.1 Å². The van der Waals surface area contributed by atoms with Crippen LogP contribution in [0.5, 0.6) is 0 Å². The predicted octanol–water partition coefficient (Wildman–Crippen LogP) is 1.63. The zero-order valence-electron chi connectivity index (χ0n) is 16.1. The highest BCUT2D eigenvalue weighted by Crippen LogP contribution is 2.29. The largest absolute Gasteiger partial charge is 0.417 e. The van der Waals surface area contributed by atoms with E-state index in [1.54, 1.807) is 0 Å². The van der Waals surface area contributed by atoms with Crippen LogP contribution in [0, 0.1) is 5.92 Å². The van der Waals surface area contributed by atoms with Gasteiger partial charge in [-0.25, -0.2) is 14.7 Å².